The van der Waals surface area contributed by atoms with Crippen molar-refractivity contribution in [2.24, 2.45) is 0 Å². The van der Waals surface area contributed by atoms with E-state index in [1.807, 2.05) is 0 Å². The van der Waals surface area contributed by atoms with Gasteiger partial charge in [0.1, 0.15) is 6.29 Å². The molecule has 4 heteroatoms. The lowest BCUT2D eigenvalue weighted by molar-refractivity contribution is -0.923. The van der Waals surface area contributed by atoms with Crippen LogP contribution in [0.2, 0.25) is 0 Å². The van der Waals surface area contributed by atoms with E-state index in [1.165, 1.54) is 69.2 Å². The number of carboxylic acids is 1. The quantitative estimate of drug-likeness (QED) is 0.257. The Bertz CT molecular complexity index is 280. The van der Waals surface area contributed by atoms with Gasteiger partial charge >= 0.3 is 5.97 Å². The Labute approximate surface area is 150 Å². The van der Waals surface area contributed by atoms with Gasteiger partial charge in [0.15, 0.2) is 0 Å². The van der Waals surface area contributed by atoms with Crippen LogP contribution in [0, 0.1) is 0 Å². The molecular weight excluding hydrogens is 302 g/mol. The lowest BCUT2D eigenvalue weighted by Crippen LogP contribution is -2.48. The van der Waals surface area contributed by atoms with E-state index in [1.54, 1.807) is 0 Å². The van der Waals surface area contributed by atoms with Gasteiger partial charge in [0.2, 0.25) is 0 Å². The molecule has 0 atom stereocenters. The summed E-state index contributed by atoms with van der Waals surface area (Å²) < 4.78 is 1.33. The number of hydrogen-bond acceptors (Lipinski definition) is 2. The zero-order chi connectivity index (χ0) is 18.7. The number of carbonyl (C=O) groups excluding carboxylic acids is 1. The third-order valence-corrected chi connectivity index (χ3v) is 4.96. The lowest BCUT2D eigenvalue weighted by atomic mass is 10.1. The van der Waals surface area contributed by atoms with Gasteiger partial charge in [0, 0.05) is 12.8 Å². The molecule has 0 radical (unpaired) electrons. The van der Waals surface area contributed by atoms with Gasteiger partial charge < -0.3 is 14.4 Å². The van der Waals surface area contributed by atoms with Gasteiger partial charge in [-0.2, -0.15) is 0 Å². The van der Waals surface area contributed by atoms with E-state index in [0.29, 0.717) is 19.3 Å². The Hall–Kier alpha value is -0.900. The van der Waals surface area contributed by atoms with Gasteiger partial charge in [-0.25, -0.2) is 0 Å². The maximum atomic E-state index is 9.87. The highest BCUT2D eigenvalue weighted by Gasteiger charge is 2.19. The van der Waals surface area contributed by atoms with Crippen molar-refractivity contribution in [1.29, 1.82) is 0 Å². The minimum Gasteiger partial charge on any atom is -0.481 e. The van der Waals surface area contributed by atoms with Gasteiger partial charge in [-0.05, 0) is 46.5 Å². The summed E-state index contributed by atoms with van der Waals surface area (Å²) in [4.78, 5) is 19.6. The number of aldehydes is 1. The van der Waals surface area contributed by atoms with E-state index in [4.69, 9.17) is 5.11 Å². The zero-order valence-electron chi connectivity index (χ0n) is 16.7. The van der Waals surface area contributed by atoms with Gasteiger partial charge in [0.25, 0.3) is 0 Å². The van der Waals surface area contributed by atoms with Gasteiger partial charge in [-0.3, -0.25) is 4.79 Å². The highest BCUT2D eigenvalue weighted by molar-refractivity contribution is 5.66. The maximum absolute atomic E-state index is 9.87. The monoisotopic (exact) mass is 344 g/mol. The Kier molecular flexibility index (Phi) is 19.5. The van der Waals surface area contributed by atoms with Crippen LogP contribution in [0.25, 0.3) is 0 Å². The number of rotatable bonds is 15. The van der Waals surface area contributed by atoms with Crippen molar-refractivity contribution in [2.75, 3.05) is 26.2 Å². The van der Waals surface area contributed by atoms with Crippen molar-refractivity contribution >= 4 is 12.3 Å². The Morgan fingerprint density at radius 1 is 0.833 bits per heavy atom. The molecule has 0 aliphatic carbocycles. The van der Waals surface area contributed by atoms with E-state index >= 15 is 0 Å². The third-order valence-electron chi connectivity index (χ3n) is 4.96. The molecule has 0 saturated heterocycles. The van der Waals surface area contributed by atoms with Crippen molar-refractivity contribution in [1.82, 2.24) is 0 Å². The Morgan fingerprint density at radius 3 is 1.83 bits per heavy atom. The molecule has 0 aromatic rings. The second kappa shape index (κ2) is 18.4. The minimum absolute atomic E-state index is 0.174. The first-order chi connectivity index (χ1) is 11.5. The molecule has 4 nitrogen and oxygen atoms in total. The van der Waals surface area contributed by atoms with Crippen LogP contribution in [-0.2, 0) is 9.59 Å². The maximum Gasteiger partial charge on any atom is 0.303 e. The Balaban J connectivity index is 0. The highest BCUT2D eigenvalue weighted by atomic mass is 16.4. The average Bonchev–Trinajstić information content (AvgIpc) is 2.59. The molecule has 0 heterocycles. The van der Waals surface area contributed by atoms with Crippen LogP contribution in [0.1, 0.15) is 91.9 Å². The fraction of sp³-hybridized carbons (Fsp3) is 0.900. The summed E-state index contributed by atoms with van der Waals surface area (Å²) >= 11 is 0. The van der Waals surface area contributed by atoms with E-state index in [-0.39, 0.29) is 6.42 Å². The fourth-order valence-electron chi connectivity index (χ4n) is 2.88. The SMILES string of the molecule is CCCCCCCC[N+](CC)(CC)CC.O=CCCCCC(=O)O. The lowest BCUT2D eigenvalue weighted by Gasteiger charge is -2.35. The van der Waals surface area contributed by atoms with Crippen molar-refractivity contribution in [3.05, 3.63) is 0 Å². The first-order valence-electron chi connectivity index (χ1n) is 10.0. The van der Waals surface area contributed by atoms with Crippen LogP contribution >= 0.6 is 0 Å². The second-order valence-corrected chi connectivity index (χ2v) is 6.59. The third kappa shape index (κ3) is 16.0. The molecule has 24 heavy (non-hydrogen) atoms. The molecule has 0 aromatic heterocycles. The smallest absolute Gasteiger partial charge is 0.303 e. The average molecular weight is 345 g/mol. The van der Waals surface area contributed by atoms with E-state index in [9.17, 15) is 9.59 Å². The van der Waals surface area contributed by atoms with Crippen LogP contribution in [0.3, 0.4) is 0 Å². The first kappa shape index (κ1) is 25.3. The second-order valence-electron chi connectivity index (χ2n) is 6.59. The Morgan fingerprint density at radius 2 is 1.38 bits per heavy atom. The zero-order valence-corrected chi connectivity index (χ0v) is 16.7. The van der Waals surface area contributed by atoms with Gasteiger partial charge in [-0.15, -0.1) is 0 Å². The molecular formula is C20H42NO3+. The van der Waals surface area contributed by atoms with Crippen LogP contribution < -0.4 is 0 Å². The standard InChI is InChI=1S/C14H32N.C6H10O3/c1-5-9-10-11-12-13-14-15(6-2,7-3)8-4;7-5-3-1-2-4-6(8)9/h5-14H2,1-4H3;5H,1-4H2,(H,8,9)/q+1;. The number of unbranched alkanes of at least 4 members (excludes halogenated alkanes) is 7. The molecule has 0 rings (SSSR count). The molecule has 0 aromatic carbocycles. The van der Waals surface area contributed by atoms with Gasteiger partial charge in [-0.1, -0.05) is 32.6 Å². The van der Waals surface area contributed by atoms with Crippen LogP contribution in [0.15, 0.2) is 0 Å². The summed E-state index contributed by atoms with van der Waals surface area (Å²) in [6.45, 7) is 14.6. The summed E-state index contributed by atoms with van der Waals surface area (Å²) in [5.74, 6) is -0.791. The molecule has 0 fully saturated rings. The summed E-state index contributed by atoms with van der Waals surface area (Å²) in [5, 5.41) is 8.12. The molecule has 1 N–H and O–H groups in total. The van der Waals surface area contributed by atoms with E-state index < -0.39 is 5.97 Å². The van der Waals surface area contributed by atoms with Gasteiger partial charge in [0.05, 0.1) is 26.2 Å². The molecule has 0 bridgehead atoms. The number of aliphatic carboxylic acids is 1. The van der Waals surface area contributed by atoms with Crippen LogP contribution in [0.5, 0.6) is 0 Å². The fourth-order valence-corrected chi connectivity index (χ4v) is 2.88. The molecule has 144 valence electrons. The van der Waals surface area contributed by atoms with Crippen molar-refractivity contribution in [2.45, 2.75) is 91.9 Å². The predicted octanol–water partition coefficient (Wildman–Crippen LogP) is 5.05. The van der Waals surface area contributed by atoms with Crippen LogP contribution in [0.4, 0.5) is 0 Å². The molecule has 0 aliphatic rings. The normalized spacial score (nSPS) is 10.8. The molecule has 0 aliphatic heterocycles. The number of hydrogen-bond donors (Lipinski definition) is 1. The van der Waals surface area contributed by atoms with Crippen molar-refractivity contribution in [3.63, 3.8) is 0 Å². The molecule has 0 unspecified atom stereocenters. The van der Waals surface area contributed by atoms with Crippen LogP contribution in [-0.4, -0.2) is 48.0 Å². The molecule has 0 spiro atoms. The highest BCUT2D eigenvalue weighted by Crippen LogP contribution is 2.11. The van der Waals surface area contributed by atoms with E-state index in [0.717, 1.165) is 6.29 Å². The number of carbonyl (C=O) groups is 2. The van der Waals surface area contributed by atoms with Crippen molar-refractivity contribution in [3.8, 4) is 0 Å². The predicted molar refractivity (Wildman–Crippen MR) is 102 cm³/mol. The number of quaternary nitrogens is 1. The largest absolute Gasteiger partial charge is 0.481 e. The first-order valence-corrected chi connectivity index (χ1v) is 10.0. The molecule has 0 amide bonds. The number of carboxylic acid groups (broad SMARTS) is 1. The van der Waals surface area contributed by atoms with Crippen molar-refractivity contribution < 1.29 is 19.2 Å². The van der Waals surface area contributed by atoms with E-state index in [2.05, 4.69) is 27.7 Å². The summed E-state index contributed by atoms with van der Waals surface area (Å²) in [5.41, 5.74) is 0. The minimum atomic E-state index is -0.791. The summed E-state index contributed by atoms with van der Waals surface area (Å²) in [6, 6.07) is 0. The molecule has 0 saturated carbocycles. The summed E-state index contributed by atoms with van der Waals surface area (Å²) in [6.07, 6.45) is 11.3. The summed E-state index contributed by atoms with van der Waals surface area (Å²) in [7, 11) is 0. The topological polar surface area (TPSA) is 54.4 Å². The number of nitrogens with zero attached hydrogens (tertiary/aromatic N) is 1.